The number of piperidine rings is 1. The Balaban J connectivity index is 1.46. The van der Waals surface area contributed by atoms with Gasteiger partial charge in [-0.15, -0.1) is 0 Å². The topological polar surface area (TPSA) is 70.1 Å². The zero-order valence-corrected chi connectivity index (χ0v) is 15.9. The molecule has 3 aliphatic rings. The third-order valence-corrected chi connectivity index (χ3v) is 6.27. The number of amides is 2. The number of carbonyl (C=O) groups excluding carboxylic acids is 2. The lowest BCUT2D eigenvalue weighted by Crippen LogP contribution is -2.51. The number of hydrogen-bond donors (Lipinski definition) is 1. The molecular weight excluding hydrogens is 344 g/mol. The first kappa shape index (κ1) is 18.3. The number of carbonyl (C=O) groups is 2. The van der Waals surface area contributed by atoms with Crippen LogP contribution in [0, 0.1) is 5.92 Å². The first-order valence-corrected chi connectivity index (χ1v) is 9.98. The zero-order chi connectivity index (χ0) is 19.0. The Kier molecular flexibility index (Phi) is 4.84. The number of nitrogens with zero attached hydrogens (tertiary/aromatic N) is 2. The second kappa shape index (κ2) is 7.15. The van der Waals surface area contributed by atoms with Crippen LogP contribution >= 0.6 is 0 Å². The van der Waals surface area contributed by atoms with Gasteiger partial charge in [-0.25, -0.2) is 0 Å². The maximum absolute atomic E-state index is 12.9. The molecule has 27 heavy (non-hydrogen) atoms. The number of likely N-dealkylation sites (tertiary alicyclic amines) is 1. The number of ether oxygens (including phenoxy) is 1. The minimum absolute atomic E-state index is 0.0102. The summed E-state index contributed by atoms with van der Waals surface area (Å²) in [4.78, 5) is 29.1. The Morgan fingerprint density at radius 3 is 2.70 bits per heavy atom. The fourth-order valence-electron chi connectivity index (χ4n) is 4.77. The van der Waals surface area contributed by atoms with E-state index in [1.165, 1.54) is 0 Å². The maximum Gasteiger partial charge on any atom is 0.257 e. The predicted octanol–water partition coefficient (Wildman–Crippen LogP) is 2.06. The molecular formula is C21H28N2O4. The predicted molar refractivity (Wildman–Crippen MR) is 101 cm³/mol. The molecule has 146 valence electrons. The molecule has 1 saturated carbocycles. The van der Waals surface area contributed by atoms with Gasteiger partial charge >= 0.3 is 0 Å². The van der Waals surface area contributed by atoms with E-state index < -0.39 is 5.60 Å². The highest BCUT2D eigenvalue weighted by Gasteiger charge is 2.44. The zero-order valence-electron chi connectivity index (χ0n) is 15.9. The van der Waals surface area contributed by atoms with Crippen molar-refractivity contribution in [3.05, 3.63) is 29.8 Å². The van der Waals surface area contributed by atoms with E-state index in [0.717, 1.165) is 45.1 Å². The van der Waals surface area contributed by atoms with Crippen molar-refractivity contribution < 1.29 is 19.4 Å². The van der Waals surface area contributed by atoms with Crippen molar-refractivity contribution in [2.75, 3.05) is 26.7 Å². The van der Waals surface area contributed by atoms with Crippen molar-refractivity contribution in [2.45, 2.75) is 50.2 Å². The number of aliphatic hydroxyl groups excluding tert-OH is 1. The summed E-state index contributed by atoms with van der Waals surface area (Å²) in [6.07, 6.45) is 4.29. The summed E-state index contributed by atoms with van der Waals surface area (Å²) in [5.74, 6) is 0.796. The second-order valence-corrected chi connectivity index (χ2v) is 8.30. The summed E-state index contributed by atoms with van der Waals surface area (Å²) in [6.45, 7) is 1.75. The molecule has 2 amide bonds. The maximum atomic E-state index is 12.9. The van der Waals surface area contributed by atoms with E-state index >= 15 is 0 Å². The van der Waals surface area contributed by atoms with Crippen LogP contribution in [-0.4, -0.2) is 65.1 Å². The van der Waals surface area contributed by atoms with Gasteiger partial charge in [0.25, 0.3) is 5.91 Å². The minimum Gasteiger partial charge on any atom is -0.485 e. The molecule has 0 aromatic heterocycles. The van der Waals surface area contributed by atoms with Gasteiger partial charge in [-0.1, -0.05) is 12.1 Å². The van der Waals surface area contributed by atoms with Gasteiger partial charge in [-0.3, -0.25) is 9.59 Å². The van der Waals surface area contributed by atoms with Gasteiger partial charge in [-0.2, -0.15) is 0 Å². The highest BCUT2D eigenvalue weighted by molar-refractivity contribution is 5.97. The highest BCUT2D eigenvalue weighted by Crippen LogP contribution is 2.40. The number of para-hydroxylation sites is 1. The molecule has 2 fully saturated rings. The molecule has 1 aliphatic carbocycles. The molecule has 1 spiro atoms. The van der Waals surface area contributed by atoms with Gasteiger partial charge in [0, 0.05) is 26.1 Å². The Hall–Kier alpha value is -2.08. The molecule has 6 nitrogen and oxygen atoms in total. The number of aliphatic hydroxyl groups is 1. The quantitative estimate of drug-likeness (QED) is 0.819. The number of benzene rings is 1. The summed E-state index contributed by atoms with van der Waals surface area (Å²) >= 11 is 0. The van der Waals surface area contributed by atoms with Crippen LogP contribution in [0.5, 0.6) is 5.75 Å². The summed E-state index contributed by atoms with van der Waals surface area (Å²) in [5.41, 5.74) is 0.187. The van der Waals surface area contributed by atoms with E-state index in [1.807, 2.05) is 36.2 Å². The molecule has 1 saturated heterocycles. The molecule has 1 N–H and O–H groups in total. The van der Waals surface area contributed by atoms with E-state index in [9.17, 15) is 14.7 Å². The average Bonchev–Trinajstić information content (AvgIpc) is 2.77. The molecule has 1 aromatic carbocycles. The Labute approximate surface area is 160 Å². The van der Waals surface area contributed by atoms with Gasteiger partial charge in [0.15, 0.2) is 0 Å². The molecule has 1 atom stereocenters. The summed E-state index contributed by atoms with van der Waals surface area (Å²) in [5, 5.41) is 9.85. The molecule has 2 heterocycles. The van der Waals surface area contributed by atoms with Crippen molar-refractivity contribution in [3.63, 3.8) is 0 Å². The van der Waals surface area contributed by atoms with Gasteiger partial charge in [0.2, 0.25) is 5.91 Å². The number of β-amino-alcohol motifs (C(OH)–C–C–N with tert-alkyl or cyclic N) is 1. The molecule has 6 heteroatoms. The Morgan fingerprint density at radius 2 is 1.96 bits per heavy atom. The molecule has 0 bridgehead atoms. The van der Waals surface area contributed by atoms with Crippen LogP contribution in [0.4, 0.5) is 0 Å². The Bertz CT molecular complexity index is 727. The van der Waals surface area contributed by atoms with Gasteiger partial charge in [-0.05, 0) is 50.7 Å². The van der Waals surface area contributed by atoms with Gasteiger partial charge in [0.1, 0.15) is 11.4 Å². The van der Waals surface area contributed by atoms with E-state index in [-0.39, 0.29) is 23.8 Å². The standard InChI is InChI=1S/C21H28N2O4/c1-22-14-21(27-18-7-3-2-6-17(18)20(22)26)10-8-15(9-11-21)19(25)23-12-4-5-16(24)13-23/h2-3,6-7,15-16,24H,4-5,8-14H2,1H3. The molecule has 1 unspecified atom stereocenters. The van der Waals surface area contributed by atoms with Crippen molar-refractivity contribution in [2.24, 2.45) is 5.92 Å². The Morgan fingerprint density at radius 1 is 1.22 bits per heavy atom. The molecule has 0 radical (unpaired) electrons. The number of hydrogen-bond acceptors (Lipinski definition) is 4. The summed E-state index contributed by atoms with van der Waals surface area (Å²) in [7, 11) is 1.82. The lowest BCUT2D eigenvalue weighted by atomic mass is 9.77. The van der Waals surface area contributed by atoms with Crippen LogP contribution in [0.15, 0.2) is 24.3 Å². The smallest absolute Gasteiger partial charge is 0.257 e. The minimum atomic E-state index is -0.421. The van der Waals surface area contributed by atoms with Gasteiger partial charge in [0.05, 0.1) is 18.2 Å². The highest BCUT2D eigenvalue weighted by atomic mass is 16.5. The number of rotatable bonds is 1. The average molecular weight is 372 g/mol. The van der Waals surface area contributed by atoms with E-state index in [4.69, 9.17) is 4.74 Å². The molecule has 2 aliphatic heterocycles. The summed E-state index contributed by atoms with van der Waals surface area (Å²) < 4.78 is 6.39. The van der Waals surface area contributed by atoms with E-state index in [2.05, 4.69) is 0 Å². The molecule has 4 rings (SSSR count). The van der Waals surface area contributed by atoms with Gasteiger partial charge < -0.3 is 19.6 Å². The first-order chi connectivity index (χ1) is 13.0. The lowest BCUT2D eigenvalue weighted by Gasteiger charge is -2.42. The fourth-order valence-corrected chi connectivity index (χ4v) is 4.77. The monoisotopic (exact) mass is 372 g/mol. The first-order valence-electron chi connectivity index (χ1n) is 9.98. The second-order valence-electron chi connectivity index (χ2n) is 8.30. The fraction of sp³-hybridized carbons (Fsp3) is 0.619. The van der Waals surface area contributed by atoms with Crippen LogP contribution in [-0.2, 0) is 4.79 Å². The normalized spacial score (nSPS) is 31.3. The molecule has 1 aromatic rings. The van der Waals surface area contributed by atoms with Crippen molar-refractivity contribution in [1.82, 2.24) is 9.80 Å². The van der Waals surface area contributed by atoms with Crippen molar-refractivity contribution in [3.8, 4) is 5.75 Å². The number of fused-ring (bicyclic) bond motifs is 1. The SMILES string of the molecule is CN1CC2(CCC(C(=O)N3CCCC(O)C3)CC2)Oc2ccccc2C1=O. The third kappa shape index (κ3) is 3.55. The number of likely N-dealkylation sites (N-methyl/N-ethyl adjacent to an activating group) is 1. The van der Waals surface area contributed by atoms with E-state index in [0.29, 0.717) is 24.4 Å². The van der Waals surface area contributed by atoms with Crippen molar-refractivity contribution >= 4 is 11.8 Å². The van der Waals surface area contributed by atoms with Crippen LogP contribution in [0.25, 0.3) is 0 Å². The largest absolute Gasteiger partial charge is 0.485 e. The van der Waals surface area contributed by atoms with Crippen LogP contribution in [0.1, 0.15) is 48.9 Å². The lowest BCUT2D eigenvalue weighted by molar-refractivity contribution is -0.141. The van der Waals surface area contributed by atoms with Crippen molar-refractivity contribution in [1.29, 1.82) is 0 Å². The summed E-state index contributed by atoms with van der Waals surface area (Å²) in [6, 6.07) is 7.42. The third-order valence-electron chi connectivity index (χ3n) is 6.27. The van der Waals surface area contributed by atoms with Crippen LogP contribution < -0.4 is 4.74 Å². The van der Waals surface area contributed by atoms with E-state index in [1.54, 1.807) is 4.90 Å². The van der Waals surface area contributed by atoms with Crippen LogP contribution in [0.2, 0.25) is 0 Å². The van der Waals surface area contributed by atoms with Crippen LogP contribution in [0.3, 0.4) is 0 Å².